The standard InChI is InChI=1S/C59H92O6/c1-4-7-10-13-16-19-22-25-28-29-32-34-37-40-43-46-49-52-58(61)64-55-56(65-59(62)53-50-47-44-41-38-35-31-27-24-21-18-15-12-9-6-3)54-63-57(60)51-48-45-42-39-36-33-30-26-23-20-17-14-11-8-5-2/h7,9-10,12,16-21,25-28,30-32,34,38,40-41,43,56H,4-6,8,11,13-15,22-24,29,33,35-37,39,42,44-55H2,1-3H3/b10-7-,12-9-,19-16-,20-17-,21-18-,28-25-,30-26-,31-27-,34-32-,41-38-,43-40-/t56-/m0/s1. The lowest BCUT2D eigenvalue weighted by Crippen LogP contribution is -2.30. The number of ether oxygens (including phenoxy) is 3. The van der Waals surface area contributed by atoms with Crippen LogP contribution in [0.1, 0.15) is 201 Å². The van der Waals surface area contributed by atoms with E-state index in [-0.39, 0.29) is 44.0 Å². The first-order valence-corrected chi connectivity index (χ1v) is 25.7. The first-order chi connectivity index (χ1) is 32.0. The van der Waals surface area contributed by atoms with Gasteiger partial charge in [0.05, 0.1) is 0 Å². The van der Waals surface area contributed by atoms with Crippen molar-refractivity contribution in [2.24, 2.45) is 0 Å². The van der Waals surface area contributed by atoms with Gasteiger partial charge in [-0.25, -0.2) is 0 Å². The van der Waals surface area contributed by atoms with E-state index in [2.05, 4.69) is 154 Å². The van der Waals surface area contributed by atoms with Gasteiger partial charge >= 0.3 is 17.9 Å². The molecule has 0 unspecified atom stereocenters. The van der Waals surface area contributed by atoms with E-state index in [4.69, 9.17) is 14.2 Å². The molecule has 0 bridgehead atoms. The summed E-state index contributed by atoms with van der Waals surface area (Å²) in [5, 5.41) is 0. The number of unbranched alkanes of at least 4 members (excludes halogenated alkanes) is 11. The van der Waals surface area contributed by atoms with E-state index in [1.807, 2.05) is 0 Å². The zero-order valence-corrected chi connectivity index (χ0v) is 41.4. The molecule has 6 nitrogen and oxygen atoms in total. The van der Waals surface area contributed by atoms with Crippen LogP contribution in [0.25, 0.3) is 0 Å². The Morgan fingerprint density at radius 1 is 0.323 bits per heavy atom. The van der Waals surface area contributed by atoms with Gasteiger partial charge in [0.25, 0.3) is 0 Å². The summed E-state index contributed by atoms with van der Waals surface area (Å²) >= 11 is 0. The van der Waals surface area contributed by atoms with Crippen LogP contribution in [0.3, 0.4) is 0 Å². The van der Waals surface area contributed by atoms with Crippen LogP contribution in [0, 0.1) is 0 Å². The molecule has 0 aliphatic heterocycles. The van der Waals surface area contributed by atoms with Crippen molar-refractivity contribution < 1.29 is 28.6 Å². The monoisotopic (exact) mass is 897 g/mol. The van der Waals surface area contributed by atoms with Crippen molar-refractivity contribution in [3.05, 3.63) is 134 Å². The molecule has 0 aliphatic carbocycles. The van der Waals surface area contributed by atoms with Crippen LogP contribution in [-0.2, 0) is 28.6 Å². The van der Waals surface area contributed by atoms with Crippen molar-refractivity contribution in [1.82, 2.24) is 0 Å². The van der Waals surface area contributed by atoms with Crippen molar-refractivity contribution in [3.63, 3.8) is 0 Å². The maximum absolute atomic E-state index is 12.8. The minimum absolute atomic E-state index is 0.125. The van der Waals surface area contributed by atoms with E-state index in [0.29, 0.717) is 19.3 Å². The minimum Gasteiger partial charge on any atom is -0.462 e. The fraction of sp³-hybridized carbons (Fsp3) is 0.576. The van der Waals surface area contributed by atoms with Crippen molar-refractivity contribution in [1.29, 1.82) is 0 Å². The SMILES string of the molecule is CC/C=C\C/C=C\C/C=C\C/C=C\C/C=C\CCCC(=O)OC[C@H](COC(=O)CCCCCCC/C=C\C/C=C\CCCCC)OC(=O)CCCC/C=C\C/C=C\C/C=C\C/C=C\CC. The molecule has 65 heavy (non-hydrogen) atoms. The molecule has 0 aliphatic rings. The van der Waals surface area contributed by atoms with Crippen molar-refractivity contribution in [3.8, 4) is 0 Å². The van der Waals surface area contributed by atoms with Crippen molar-refractivity contribution >= 4 is 17.9 Å². The summed E-state index contributed by atoms with van der Waals surface area (Å²) in [5.41, 5.74) is 0. The van der Waals surface area contributed by atoms with E-state index in [9.17, 15) is 14.4 Å². The highest BCUT2D eigenvalue weighted by molar-refractivity contribution is 5.71. The Hall–Kier alpha value is -4.45. The van der Waals surface area contributed by atoms with E-state index in [0.717, 1.165) is 122 Å². The Morgan fingerprint density at radius 2 is 0.615 bits per heavy atom. The van der Waals surface area contributed by atoms with Gasteiger partial charge in [-0.15, -0.1) is 0 Å². The molecule has 0 saturated heterocycles. The summed E-state index contributed by atoms with van der Waals surface area (Å²) in [5.74, 6) is -1.05. The highest BCUT2D eigenvalue weighted by atomic mass is 16.6. The van der Waals surface area contributed by atoms with Crippen LogP contribution in [0.4, 0.5) is 0 Å². The zero-order valence-electron chi connectivity index (χ0n) is 41.4. The molecule has 0 aromatic carbocycles. The lowest BCUT2D eigenvalue weighted by atomic mass is 10.1. The van der Waals surface area contributed by atoms with Crippen LogP contribution >= 0.6 is 0 Å². The van der Waals surface area contributed by atoms with Gasteiger partial charge in [0, 0.05) is 19.3 Å². The van der Waals surface area contributed by atoms with Gasteiger partial charge in [0.1, 0.15) is 13.2 Å². The molecule has 0 fully saturated rings. The van der Waals surface area contributed by atoms with Gasteiger partial charge in [0.15, 0.2) is 6.10 Å². The molecule has 0 aromatic heterocycles. The molecule has 0 spiro atoms. The maximum atomic E-state index is 12.8. The lowest BCUT2D eigenvalue weighted by Gasteiger charge is -2.18. The Labute approximate surface area is 398 Å². The second-order valence-corrected chi connectivity index (χ2v) is 16.3. The molecule has 0 N–H and O–H groups in total. The number of esters is 3. The Morgan fingerprint density at radius 3 is 1.03 bits per heavy atom. The molecular weight excluding hydrogens is 805 g/mol. The van der Waals surface area contributed by atoms with Gasteiger partial charge in [-0.2, -0.15) is 0 Å². The molecule has 0 saturated carbocycles. The quantitative estimate of drug-likeness (QED) is 0.0262. The molecule has 0 amide bonds. The van der Waals surface area contributed by atoms with Crippen molar-refractivity contribution in [2.45, 2.75) is 207 Å². The van der Waals surface area contributed by atoms with Gasteiger partial charge in [-0.1, -0.05) is 187 Å². The number of carbonyl (C=O) groups is 3. The molecule has 0 aromatic rings. The Bertz CT molecular complexity index is 1450. The highest BCUT2D eigenvalue weighted by Crippen LogP contribution is 2.11. The van der Waals surface area contributed by atoms with Crippen LogP contribution < -0.4 is 0 Å². The Kier molecular flexibility index (Phi) is 48.6. The van der Waals surface area contributed by atoms with Gasteiger partial charge < -0.3 is 14.2 Å². The summed E-state index contributed by atoms with van der Waals surface area (Å²) < 4.78 is 16.7. The molecule has 1 atom stereocenters. The number of carbonyl (C=O) groups excluding carboxylic acids is 3. The third-order valence-corrected chi connectivity index (χ3v) is 10.1. The summed E-state index contributed by atoms with van der Waals surface area (Å²) in [6.45, 7) is 6.26. The van der Waals surface area contributed by atoms with E-state index < -0.39 is 6.10 Å². The fourth-order valence-electron chi connectivity index (χ4n) is 6.32. The van der Waals surface area contributed by atoms with Crippen LogP contribution in [-0.4, -0.2) is 37.2 Å². The van der Waals surface area contributed by atoms with Crippen LogP contribution in [0.2, 0.25) is 0 Å². The molecule has 0 radical (unpaired) electrons. The van der Waals surface area contributed by atoms with Gasteiger partial charge in [-0.3, -0.25) is 14.4 Å². The summed E-state index contributed by atoms with van der Waals surface area (Å²) in [7, 11) is 0. The maximum Gasteiger partial charge on any atom is 0.306 e. The zero-order chi connectivity index (χ0) is 47.2. The second kappa shape index (κ2) is 52.2. The lowest BCUT2D eigenvalue weighted by molar-refractivity contribution is -0.167. The van der Waals surface area contributed by atoms with E-state index in [1.165, 1.54) is 25.7 Å². The predicted molar refractivity (Wildman–Crippen MR) is 279 cm³/mol. The van der Waals surface area contributed by atoms with Gasteiger partial charge in [-0.05, 0) is 128 Å². The molecule has 0 heterocycles. The summed E-state index contributed by atoms with van der Waals surface area (Å²) in [4.78, 5) is 38.0. The van der Waals surface area contributed by atoms with Crippen LogP contribution in [0.5, 0.6) is 0 Å². The third kappa shape index (κ3) is 50.4. The minimum atomic E-state index is -0.833. The average Bonchev–Trinajstić information content (AvgIpc) is 3.30. The molecule has 364 valence electrons. The second-order valence-electron chi connectivity index (χ2n) is 16.3. The van der Waals surface area contributed by atoms with Gasteiger partial charge in [0.2, 0.25) is 0 Å². The number of hydrogen-bond acceptors (Lipinski definition) is 6. The van der Waals surface area contributed by atoms with E-state index in [1.54, 1.807) is 0 Å². The van der Waals surface area contributed by atoms with Crippen LogP contribution in [0.15, 0.2) is 134 Å². The summed E-state index contributed by atoms with van der Waals surface area (Å²) in [6, 6.07) is 0. The average molecular weight is 897 g/mol. The summed E-state index contributed by atoms with van der Waals surface area (Å²) in [6.07, 6.45) is 73.0. The molecule has 0 rings (SSSR count). The fourth-order valence-corrected chi connectivity index (χ4v) is 6.32. The third-order valence-electron chi connectivity index (χ3n) is 10.1. The highest BCUT2D eigenvalue weighted by Gasteiger charge is 2.19. The topological polar surface area (TPSA) is 78.9 Å². The number of hydrogen-bond donors (Lipinski definition) is 0. The van der Waals surface area contributed by atoms with Crippen molar-refractivity contribution in [2.75, 3.05) is 13.2 Å². The normalized spacial score (nSPS) is 13.2. The number of rotatable bonds is 44. The molecular formula is C59H92O6. The Balaban J connectivity index is 4.60. The first-order valence-electron chi connectivity index (χ1n) is 25.7. The smallest absolute Gasteiger partial charge is 0.306 e. The predicted octanol–water partition coefficient (Wildman–Crippen LogP) is 17.1. The van der Waals surface area contributed by atoms with E-state index >= 15 is 0 Å². The first kappa shape index (κ1) is 60.5. The largest absolute Gasteiger partial charge is 0.462 e. The molecule has 6 heteroatoms. The number of allylic oxidation sites excluding steroid dienone is 22.